The maximum atomic E-state index is 11.6. The molecule has 94 valence electrons. The van der Waals surface area contributed by atoms with Crippen LogP contribution in [0.15, 0.2) is 22.6 Å². The molecule has 0 aliphatic carbocycles. The third kappa shape index (κ3) is 2.32. The monoisotopic (exact) mass is 248 g/mol. The highest BCUT2D eigenvalue weighted by Crippen LogP contribution is 2.20. The Morgan fingerprint density at radius 1 is 1.44 bits per heavy atom. The topological polar surface area (TPSA) is 92.4 Å². The van der Waals surface area contributed by atoms with E-state index >= 15 is 0 Å². The molecule has 2 N–H and O–H groups in total. The fourth-order valence-electron chi connectivity index (χ4n) is 1.48. The van der Waals surface area contributed by atoms with E-state index in [1.807, 2.05) is 0 Å². The van der Waals surface area contributed by atoms with Crippen molar-refractivity contribution >= 4 is 28.7 Å². The number of amides is 1. The smallest absolute Gasteiger partial charge is 0.315 e. The molecular weight excluding hydrogens is 236 g/mol. The summed E-state index contributed by atoms with van der Waals surface area (Å²) in [6, 6.07) is 4.95. The minimum Gasteiger partial charge on any atom is -0.481 e. The van der Waals surface area contributed by atoms with E-state index in [1.165, 1.54) is 6.92 Å². The van der Waals surface area contributed by atoms with E-state index in [9.17, 15) is 9.59 Å². The van der Waals surface area contributed by atoms with E-state index < -0.39 is 17.8 Å². The number of carbonyl (C=O) groups is 2. The normalized spacial score (nSPS) is 12.3. The molecular formula is C12H12N2O4. The number of aromatic nitrogens is 1. The van der Waals surface area contributed by atoms with Crippen LogP contribution in [-0.2, 0) is 9.59 Å². The predicted molar refractivity (Wildman–Crippen MR) is 64.2 cm³/mol. The zero-order valence-corrected chi connectivity index (χ0v) is 9.93. The van der Waals surface area contributed by atoms with Crippen LogP contribution < -0.4 is 5.32 Å². The molecule has 1 unspecified atom stereocenters. The second-order valence-corrected chi connectivity index (χ2v) is 3.96. The number of carboxylic acid groups (broad SMARTS) is 1. The molecule has 1 atom stereocenters. The van der Waals surface area contributed by atoms with Gasteiger partial charge in [-0.1, -0.05) is 0 Å². The van der Waals surface area contributed by atoms with Gasteiger partial charge in [0.05, 0.1) is 0 Å². The van der Waals surface area contributed by atoms with E-state index in [0.717, 1.165) is 0 Å². The van der Waals surface area contributed by atoms with E-state index in [4.69, 9.17) is 9.52 Å². The van der Waals surface area contributed by atoms with Crippen molar-refractivity contribution < 1.29 is 19.1 Å². The molecule has 0 aliphatic heterocycles. The highest BCUT2D eigenvalue weighted by atomic mass is 16.4. The van der Waals surface area contributed by atoms with Crippen LogP contribution in [0.2, 0.25) is 0 Å². The summed E-state index contributed by atoms with van der Waals surface area (Å²) < 4.78 is 5.30. The van der Waals surface area contributed by atoms with Gasteiger partial charge in [0.25, 0.3) is 0 Å². The lowest BCUT2D eigenvalue weighted by Gasteiger charge is -2.07. The van der Waals surface area contributed by atoms with Crippen LogP contribution >= 0.6 is 0 Å². The molecule has 6 heteroatoms. The number of carboxylic acids is 1. The van der Waals surface area contributed by atoms with Gasteiger partial charge in [-0.25, -0.2) is 4.98 Å². The lowest BCUT2D eigenvalue weighted by Crippen LogP contribution is -2.26. The van der Waals surface area contributed by atoms with Crippen molar-refractivity contribution in [2.45, 2.75) is 13.8 Å². The molecule has 0 saturated heterocycles. The van der Waals surface area contributed by atoms with Crippen molar-refractivity contribution in [2.24, 2.45) is 5.92 Å². The Bertz CT molecular complexity index is 618. The highest BCUT2D eigenvalue weighted by molar-refractivity contribution is 6.04. The fraction of sp³-hybridized carbons (Fsp3) is 0.250. The van der Waals surface area contributed by atoms with Crippen LogP contribution in [0, 0.1) is 12.8 Å². The summed E-state index contributed by atoms with van der Waals surface area (Å²) in [6.07, 6.45) is 0. The number of benzene rings is 1. The quantitative estimate of drug-likeness (QED) is 0.808. The van der Waals surface area contributed by atoms with Crippen LogP contribution in [0.4, 0.5) is 5.69 Å². The van der Waals surface area contributed by atoms with Gasteiger partial charge in [0.2, 0.25) is 5.91 Å². The molecule has 0 aliphatic rings. The van der Waals surface area contributed by atoms with Crippen molar-refractivity contribution in [3.8, 4) is 0 Å². The first-order chi connectivity index (χ1) is 8.47. The number of hydrogen-bond donors (Lipinski definition) is 2. The van der Waals surface area contributed by atoms with Gasteiger partial charge < -0.3 is 14.8 Å². The van der Waals surface area contributed by atoms with Crippen molar-refractivity contribution in [3.05, 3.63) is 24.1 Å². The molecule has 2 aromatic rings. The molecule has 1 heterocycles. The van der Waals surface area contributed by atoms with E-state index in [0.29, 0.717) is 22.7 Å². The average molecular weight is 248 g/mol. The van der Waals surface area contributed by atoms with Crippen LogP contribution in [0.5, 0.6) is 0 Å². The number of carbonyl (C=O) groups excluding carboxylic acids is 1. The summed E-state index contributed by atoms with van der Waals surface area (Å²) in [5.74, 6) is -2.29. The molecule has 18 heavy (non-hydrogen) atoms. The Balaban J connectivity index is 2.21. The summed E-state index contributed by atoms with van der Waals surface area (Å²) in [7, 11) is 0. The molecule has 1 amide bonds. The van der Waals surface area contributed by atoms with Crippen molar-refractivity contribution in [1.82, 2.24) is 4.98 Å². The first kappa shape index (κ1) is 12.1. The molecule has 1 aromatic carbocycles. The van der Waals surface area contributed by atoms with Gasteiger partial charge in [-0.15, -0.1) is 0 Å². The maximum absolute atomic E-state index is 11.6. The van der Waals surface area contributed by atoms with Crippen molar-refractivity contribution in [2.75, 3.05) is 5.32 Å². The molecule has 2 rings (SSSR count). The number of rotatable bonds is 3. The molecule has 0 saturated carbocycles. The summed E-state index contributed by atoms with van der Waals surface area (Å²) in [5.41, 5.74) is 1.74. The number of nitrogens with one attached hydrogen (secondary N) is 1. The van der Waals surface area contributed by atoms with E-state index in [-0.39, 0.29) is 0 Å². The van der Waals surface area contributed by atoms with Gasteiger partial charge in [0.1, 0.15) is 11.4 Å². The van der Waals surface area contributed by atoms with Crippen molar-refractivity contribution in [1.29, 1.82) is 0 Å². The van der Waals surface area contributed by atoms with Crippen molar-refractivity contribution in [3.63, 3.8) is 0 Å². The number of hydrogen-bond acceptors (Lipinski definition) is 4. The second-order valence-electron chi connectivity index (χ2n) is 3.96. The van der Waals surface area contributed by atoms with Crippen LogP contribution in [-0.4, -0.2) is 22.0 Å². The predicted octanol–water partition coefficient (Wildman–Crippen LogP) is 1.80. The van der Waals surface area contributed by atoms with Crippen LogP contribution in [0.1, 0.15) is 12.8 Å². The number of nitrogens with zero attached hydrogens (tertiary/aromatic N) is 1. The third-order valence-electron chi connectivity index (χ3n) is 2.53. The number of oxazole rings is 1. The van der Waals surface area contributed by atoms with Gasteiger partial charge in [-0.05, 0) is 25.1 Å². The average Bonchev–Trinajstić information content (AvgIpc) is 2.67. The minimum atomic E-state index is -1.16. The van der Waals surface area contributed by atoms with Gasteiger partial charge in [0, 0.05) is 12.6 Å². The number of fused-ring (bicyclic) bond motifs is 1. The summed E-state index contributed by atoms with van der Waals surface area (Å²) in [4.78, 5) is 26.3. The molecule has 6 nitrogen and oxygen atoms in total. The largest absolute Gasteiger partial charge is 0.481 e. The highest BCUT2D eigenvalue weighted by Gasteiger charge is 2.20. The maximum Gasteiger partial charge on any atom is 0.315 e. The molecule has 1 aromatic heterocycles. The Hall–Kier alpha value is -2.37. The van der Waals surface area contributed by atoms with E-state index in [2.05, 4.69) is 10.3 Å². The van der Waals surface area contributed by atoms with Gasteiger partial charge in [0.15, 0.2) is 11.5 Å². The number of anilines is 1. The van der Waals surface area contributed by atoms with Crippen LogP contribution in [0.3, 0.4) is 0 Å². The summed E-state index contributed by atoms with van der Waals surface area (Å²) in [6.45, 7) is 3.06. The minimum absolute atomic E-state index is 0.494. The zero-order chi connectivity index (χ0) is 13.3. The Morgan fingerprint density at radius 3 is 2.83 bits per heavy atom. The Morgan fingerprint density at radius 2 is 2.17 bits per heavy atom. The van der Waals surface area contributed by atoms with Gasteiger partial charge in [-0.3, -0.25) is 9.59 Å². The van der Waals surface area contributed by atoms with Gasteiger partial charge >= 0.3 is 5.97 Å². The zero-order valence-electron chi connectivity index (χ0n) is 9.93. The molecule has 0 fully saturated rings. The number of aliphatic carboxylic acids is 1. The first-order valence-electron chi connectivity index (χ1n) is 5.38. The standard InChI is InChI=1S/C12H12N2O4/c1-6(12(16)17)11(15)14-8-3-4-10-9(5-8)13-7(2)18-10/h3-6H,1-2H3,(H,14,15)(H,16,17). The second kappa shape index (κ2) is 4.48. The lowest BCUT2D eigenvalue weighted by atomic mass is 10.1. The lowest BCUT2D eigenvalue weighted by molar-refractivity contribution is -0.144. The van der Waals surface area contributed by atoms with Crippen LogP contribution in [0.25, 0.3) is 11.1 Å². The first-order valence-corrected chi connectivity index (χ1v) is 5.38. The van der Waals surface area contributed by atoms with Gasteiger partial charge in [-0.2, -0.15) is 0 Å². The summed E-state index contributed by atoms with van der Waals surface area (Å²) in [5, 5.41) is 11.2. The summed E-state index contributed by atoms with van der Waals surface area (Å²) >= 11 is 0. The Labute approximate surface area is 103 Å². The fourth-order valence-corrected chi connectivity index (χ4v) is 1.48. The third-order valence-corrected chi connectivity index (χ3v) is 2.53. The number of aryl methyl sites for hydroxylation is 1. The molecule has 0 bridgehead atoms. The molecule has 0 spiro atoms. The Kier molecular flexibility index (Phi) is 3.01. The van der Waals surface area contributed by atoms with E-state index in [1.54, 1.807) is 25.1 Å². The SMILES string of the molecule is Cc1nc2cc(NC(=O)C(C)C(=O)O)ccc2o1. The molecule has 0 radical (unpaired) electrons.